The second kappa shape index (κ2) is 5.40. The van der Waals surface area contributed by atoms with Crippen LogP contribution in [0.2, 0.25) is 0 Å². The highest BCUT2D eigenvalue weighted by molar-refractivity contribution is 7.89. The zero-order valence-electron chi connectivity index (χ0n) is 12.6. The molecule has 4 rings (SSSR count). The van der Waals surface area contributed by atoms with Gasteiger partial charge in [-0.2, -0.15) is 9.57 Å². The Morgan fingerprint density at radius 2 is 2.21 bits per heavy atom. The van der Waals surface area contributed by atoms with Crippen LogP contribution < -0.4 is 0 Å². The van der Waals surface area contributed by atoms with Crippen LogP contribution in [0.3, 0.4) is 0 Å². The third kappa shape index (κ3) is 2.26. The van der Waals surface area contributed by atoms with Crippen molar-refractivity contribution in [3.05, 3.63) is 42.4 Å². The minimum atomic E-state index is -3.55. The molecule has 0 unspecified atom stereocenters. The van der Waals surface area contributed by atoms with E-state index in [4.69, 9.17) is 5.26 Å². The number of hydrogen-bond acceptors (Lipinski definition) is 5. The molecule has 0 fully saturated rings. The summed E-state index contributed by atoms with van der Waals surface area (Å²) in [5.41, 5.74) is 3.41. The molecule has 1 aliphatic heterocycles. The van der Waals surface area contributed by atoms with E-state index in [0.717, 1.165) is 27.4 Å². The van der Waals surface area contributed by atoms with Gasteiger partial charge in [-0.15, -0.1) is 0 Å². The summed E-state index contributed by atoms with van der Waals surface area (Å²) in [5, 5.41) is 10.6. The van der Waals surface area contributed by atoms with Crippen LogP contribution in [0.15, 0.2) is 36.8 Å². The van der Waals surface area contributed by atoms with Crippen molar-refractivity contribution >= 4 is 37.5 Å². The van der Waals surface area contributed by atoms with Gasteiger partial charge in [-0.1, -0.05) is 6.08 Å². The van der Waals surface area contributed by atoms with Crippen LogP contribution in [-0.4, -0.2) is 46.5 Å². The molecule has 3 aromatic heterocycles. The molecule has 8 heteroatoms. The fraction of sp³-hybridized carbons (Fsp3) is 0.188. The molecular formula is C16H13N5O2S. The summed E-state index contributed by atoms with van der Waals surface area (Å²) in [6.07, 6.45) is 7.15. The molecule has 0 saturated heterocycles. The highest BCUT2D eigenvalue weighted by Crippen LogP contribution is 2.32. The van der Waals surface area contributed by atoms with Gasteiger partial charge in [0.15, 0.2) is 11.4 Å². The zero-order valence-corrected chi connectivity index (χ0v) is 13.4. The summed E-state index contributed by atoms with van der Waals surface area (Å²) >= 11 is 0. The molecule has 0 aromatic carbocycles. The van der Waals surface area contributed by atoms with E-state index in [-0.39, 0.29) is 13.1 Å². The van der Waals surface area contributed by atoms with Gasteiger partial charge in [-0.05, 0) is 23.3 Å². The second-order valence-electron chi connectivity index (χ2n) is 5.56. The maximum atomic E-state index is 12.1. The van der Waals surface area contributed by atoms with Gasteiger partial charge in [-0.25, -0.2) is 18.4 Å². The molecular weight excluding hydrogens is 326 g/mol. The molecule has 0 aliphatic carbocycles. The summed E-state index contributed by atoms with van der Waals surface area (Å²) in [6, 6.07) is 5.55. The van der Waals surface area contributed by atoms with E-state index < -0.39 is 15.8 Å². The number of H-pyrrole nitrogens is 1. The lowest BCUT2D eigenvalue weighted by molar-refractivity contribution is 0.493. The van der Waals surface area contributed by atoms with E-state index in [0.29, 0.717) is 5.65 Å². The van der Waals surface area contributed by atoms with Gasteiger partial charge in [-0.3, -0.25) is 0 Å². The number of aromatic amines is 1. The van der Waals surface area contributed by atoms with E-state index in [2.05, 4.69) is 15.0 Å². The molecule has 0 amide bonds. The number of nitrogens with one attached hydrogen (secondary N) is 1. The summed E-state index contributed by atoms with van der Waals surface area (Å²) in [4.78, 5) is 11.7. The van der Waals surface area contributed by atoms with Crippen LogP contribution >= 0.6 is 0 Å². The molecule has 7 nitrogen and oxygen atoms in total. The van der Waals surface area contributed by atoms with Crippen molar-refractivity contribution in [2.45, 2.75) is 0 Å². The smallest absolute Gasteiger partial charge is 0.228 e. The van der Waals surface area contributed by atoms with Crippen molar-refractivity contribution in [3.8, 4) is 6.07 Å². The molecule has 0 atom stereocenters. The lowest BCUT2D eigenvalue weighted by Crippen LogP contribution is -2.30. The van der Waals surface area contributed by atoms with Crippen molar-refractivity contribution in [1.82, 2.24) is 19.3 Å². The summed E-state index contributed by atoms with van der Waals surface area (Å²) in [7, 11) is -3.55. The third-order valence-electron chi connectivity index (χ3n) is 4.17. The SMILES string of the molecule is N#CCS(=O)(=O)N1CC=C(c2cc[nH]c3cnc4nccc4c23)C1. The number of aromatic nitrogens is 3. The van der Waals surface area contributed by atoms with Gasteiger partial charge in [0, 0.05) is 36.3 Å². The Kier molecular flexibility index (Phi) is 3.33. The maximum Gasteiger partial charge on any atom is 0.228 e. The monoisotopic (exact) mass is 339 g/mol. The molecule has 4 heterocycles. The average Bonchev–Trinajstić information content (AvgIpc) is 3.23. The summed E-state index contributed by atoms with van der Waals surface area (Å²) < 4.78 is 25.5. The number of fused-ring (bicyclic) bond motifs is 3. The number of nitriles is 1. The Labute approximate surface area is 138 Å². The van der Waals surface area contributed by atoms with Gasteiger partial charge in [0.1, 0.15) is 0 Å². The Balaban J connectivity index is 1.81. The average molecular weight is 339 g/mol. The topological polar surface area (TPSA) is 103 Å². The van der Waals surface area contributed by atoms with E-state index in [9.17, 15) is 8.42 Å². The van der Waals surface area contributed by atoms with Gasteiger partial charge >= 0.3 is 0 Å². The number of rotatable bonds is 3. The lowest BCUT2D eigenvalue weighted by atomic mass is 10.0. The highest BCUT2D eigenvalue weighted by Gasteiger charge is 2.27. The fourth-order valence-electron chi connectivity index (χ4n) is 3.04. The quantitative estimate of drug-likeness (QED) is 0.782. The molecule has 0 spiro atoms. The molecule has 1 N–H and O–H groups in total. The van der Waals surface area contributed by atoms with Crippen molar-refractivity contribution in [3.63, 3.8) is 0 Å². The van der Waals surface area contributed by atoms with Crippen molar-refractivity contribution in [1.29, 1.82) is 5.26 Å². The molecule has 0 radical (unpaired) electrons. The van der Waals surface area contributed by atoms with Gasteiger partial charge in [0.25, 0.3) is 0 Å². The molecule has 24 heavy (non-hydrogen) atoms. The third-order valence-corrected chi connectivity index (χ3v) is 5.72. The van der Waals surface area contributed by atoms with E-state index >= 15 is 0 Å². The molecule has 1 aliphatic rings. The minimum Gasteiger partial charge on any atom is -0.360 e. The Morgan fingerprint density at radius 1 is 1.33 bits per heavy atom. The van der Waals surface area contributed by atoms with Crippen LogP contribution in [0.25, 0.3) is 27.5 Å². The highest BCUT2D eigenvalue weighted by atomic mass is 32.2. The van der Waals surface area contributed by atoms with Gasteiger partial charge in [0.2, 0.25) is 10.0 Å². The Hall–Kier alpha value is -2.76. The normalized spacial score (nSPS) is 15.7. The van der Waals surface area contributed by atoms with Gasteiger partial charge < -0.3 is 4.98 Å². The Bertz CT molecular complexity index is 1120. The minimum absolute atomic E-state index is 0.265. The van der Waals surface area contributed by atoms with Crippen LogP contribution in [-0.2, 0) is 10.0 Å². The first-order valence-electron chi connectivity index (χ1n) is 7.35. The van der Waals surface area contributed by atoms with Crippen molar-refractivity contribution in [2.24, 2.45) is 0 Å². The Morgan fingerprint density at radius 3 is 3.04 bits per heavy atom. The molecule has 120 valence electrons. The number of nitrogens with zero attached hydrogens (tertiary/aromatic N) is 4. The predicted molar refractivity (Wildman–Crippen MR) is 90.3 cm³/mol. The van der Waals surface area contributed by atoms with Gasteiger partial charge in [0.05, 0.1) is 17.8 Å². The van der Waals surface area contributed by atoms with Crippen molar-refractivity contribution < 1.29 is 8.42 Å². The predicted octanol–water partition coefficient (Wildman–Crippen LogP) is 1.66. The lowest BCUT2D eigenvalue weighted by Gasteiger charge is -2.15. The first kappa shape index (κ1) is 14.8. The summed E-state index contributed by atoms with van der Waals surface area (Å²) in [6.45, 7) is 0.550. The number of pyridine rings is 2. The standard InChI is InChI=1S/C16H13N5O2S/c17-4-8-24(22,23)21-7-3-11(10-21)12-1-5-18-14-9-20-16-13(15(12)14)2-6-19-16/h1-3,5-6,9,18H,7-8,10H2. The van der Waals surface area contributed by atoms with Crippen LogP contribution in [0, 0.1) is 11.3 Å². The molecule has 3 aromatic rings. The molecule has 0 bridgehead atoms. The summed E-state index contributed by atoms with van der Waals surface area (Å²) in [5.74, 6) is -0.502. The van der Waals surface area contributed by atoms with Crippen LogP contribution in [0.5, 0.6) is 0 Å². The first-order valence-corrected chi connectivity index (χ1v) is 8.96. The van der Waals surface area contributed by atoms with E-state index in [1.165, 1.54) is 4.31 Å². The maximum absolute atomic E-state index is 12.1. The number of hydrogen-bond donors (Lipinski definition) is 1. The number of sulfonamides is 1. The van der Waals surface area contributed by atoms with Crippen molar-refractivity contribution in [2.75, 3.05) is 18.8 Å². The first-order chi connectivity index (χ1) is 11.6. The zero-order chi connectivity index (χ0) is 16.7. The van der Waals surface area contributed by atoms with E-state index in [1.54, 1.807) is 18.5 Å². The largest absolute Gasteiger partial charge is 0.360 e. The van der Waals surface area contributed by atoms with E-state index in [1.807, 2.05) is 24.4 Å². The molecule has 0 saturated carbocycles. The fourth-order valence-corrected chi connectivity index (χ4v) is 4.02. The van der Waals surface area contributed by atoms with Crippen LogP contribution in [0.4, 0.5) is 0 Å². The van der Waals surface area contributed by atoms with Crippen LogP contribution in [0.1, 0.15) is 5.56 Å². The second-order valence-corrected chi connectivity index (χ2v) is 7.53.